The van der Waals surface area contributed by atoms with Gasteiger partial charge in [0.25, 0.3) is 23.3 Å². The van der Waals surface area contributed by atoms with Crippen molar-refractivity contribution < 1.29 is 9.15 Å². The van der Waals surface area contributed by atoms with Gasteiger partial charge in [-0.25, -0.2) is 0 Å². The average molecular weight is 1630 g/mol. The van der Waals surface area contributed by atoms with Crippen molar-refractivity contribution in [3.63, 3.8) is 0 Å². The van der Waals surface area contributed by atoms with E-state index in [9.17, 15) is 0 Å². The molecular formula is C113H100N12+2. The lowest BCUT2D eigenvalue weighted by atomic mass is 9.65. The maximum Gasteiger partial charge on any atom is 0.404 e. The Morgan fingerprint density at radius 1 is 0.280 bits per heavy atom. The lowest BCUT2D eigenvalue weighted by molar-refractivity contribution is -0.791. The third-order valence-electron chi connectivity index (χ3n) is 27.1. The second-order valence-corrected chi connectivity index (χ2v) is 35.5. The Labute approximate surface area is 731 Å². The summed E-state index contributed by atoms with van der Waals surface area (Å²) in [6.45, 7) is 17.2. The first-order chi connectivity index (χ1) is 61.2. The van der Waals surface area contributed by atoms with Gasteiger partial charge in [-0.05, 0) is 290 Å². The highest BCUT2D eigenvalue weighted by Crippen LogP contribution is 2.56. The van der Waals surface area contributed by atoms with Gasteiger partial charge in [-0.3, -0.25) is 0 Å². The molecule has 0 amide bonds. The molecule has 2 aromatic heterocycles. The second kappa shape index (κ2) is 30.9. The van der Waals surface area contributed by atoms with Crippen molar-refractivity contribution >= 4 is 125 Å². The van der Waals surface area contributed by atoms with E-state index in [-0.39, 0.29) is 5.41 Å². The summed E-state index contributed by atoms with van der Waals surface area (Å²) in [6, 6.07) is 124. The van der Waals surface area contributed by atoms with Crippen LogP contribution in [0, 0.1) is 67.2 Å². The summed E-state index contributed by atoms with van der Waals surface area (Å²) in [4.78, 5) is 31.5. The van der Waals surface area contributed by atoms with E-state index in [1.54, 1.807) is 0 Å². The monoisotopic (exact) mass is 1620 g/mol. The molecule has 3 atom stereocenters. The predicted octanol–water partition coefficient (Wildman–Crippen LogP) is 27.1. The van der Waals surface area contributed by atoms with Gasteiger partial charge in [-0.15, -0.1) is 4.58 Å². The minimum atomic E-state index is -0.813. The second-order valence-electron chi connectivity index (χ2n) is 35.5. The average Bonchev–Trinajstić information content (AvgIpc) is 1.47. The summed E-state index contributed by atoms with van der Waals surface area (Å²) in [7, 11) is 0. The van der Waals surface area contributed by atoms with E-state index in [4.69, 9.17) is 20.0 Å². The van der Waals surface area contributed by atoms with Gasteiger partial charge in [-0.1, -0.05) is 238 Å². The first-order valence-corrected chi connectivity index (χ1v) is 44.6. The smallest absolute Gasteiger partial charge is 0.311 e. The molecule has 2 fully saturated rings. The standard InChI is InChI=1S/C46H46N2.C34H32N2.C33H22N8/c1-34-8-20-40(21-9-34)47(41-22-10-35(2)11-23-41)44-28-16-38(17-29-44)46(32-6-5-7-33-46)39-18-30-45(31-19-39)48(42-24-12-36(3)13-25-42)43-26-14-37(4)15-27-43;1-25-10-5-14-29(20-25)35(30-15-6-11-26(2)21-30)33-18-9-19-34(24-33)36(31-16-7-12-27(3)22-31)32-17-8-13-28(4)23-32;1-2-10-18-17(9-1)25-34-27-19-11-3-4-12-20(19)29-36-31-23-15-7-8-16-24(23)32-37-30-22-14-6-5-13-21(22)28-35-26(18)38(25)33(39(27)29,40(28)30)41(31)32/h8-31H,5-7,32-33H2,1-4H3;5-24H,1-4H3;1-6,9-14,23-24H,7-8,15-16H2/q;;+2. The van der Waals surface area contributed by atoms with Gasteiger partial charge in [0, 0.05) is 95.2 Å². The van der Waals surface area contributed by atoms with Gasteiger partial charge in [0.2, 0.25) is 22.6 Å². The topological polar surface area (TPSA) is 78.3 Å². The van der Waals surface area contributed by atoms with Crippen LogP contribution in [0.3, 0.4) is 0 Å². The number of hydrogen-bond acceptors (Lipinski definition) is 8. The highest BCUT2D eigenvalue weighted by molar-refractivity contribution is 6.18. The van der Waals surface area contributed by atoms with Crippen LogP contribution in [0.4, 0.5) is 79.9 Å². The molecule has 610 valence electrons. The summed E-state index contributed by atoms with van der Waals surface area (Å²) in [5.74, 6) is 6.06. The van der Waals surface area contributed by atoms with Crippen LogP contribution >= 0.6 is 0 Å². The zero-order valence-corrected chi connectivity index (χ0v) is 72.2. The molecule has 14 aromatic carbocycles. The van der Waals surface area contributed by atoms with Crippen molar-refractivity contribution in [2.75, 3.05) is 19.6 Å². The molecule has 12 heteroatoms. The normalized spacial score (nSPS) is 17.2. The van der Waals surface area contributed by atoms with E-state index < -0.39 is 5.91 Å². The fourth-order valence-corrected chi connectivity index (χ4v) is 21.1. The Morgan fingerprint density at radius 2 is 0.632 bits per heavy atom. The van der Waals surface area contributed by atoms with Gasteiger partial charge in [0.1, 0.15) is 0 Å². The molecule has 8 heterocycles. The number of aromatic nitrogens is 2. The minimum Gasteiger partial charge on any atom is -0.311 e. The first kappa shape index (κ1) is 76.7. The van der Waals surface area contributed by atoms with Crippen LogP contribution in [0.25, 0.3) is 21.5 Å². The zero-order valence-electron chi connectivity index (χ0n) is 72.2. The molecule has 0 bridgehead atoms. The van der Waals surface area contributed by atoms with Crippen LogP contribution in [0.2, 0.25) is 0 Å². The molecule has 0 saturated heterocycles. The SMILES string of the molecule is Cc1ccc(N(c2ccc(C)cc2)c2ccc(C3(c4ccc(N(c5ccc(C)cc5)c5ccc(C)cc5)cc4)CCCCC3)cc2)cc1.Cc1cccc(N(c2cccc(C)c2)c2cccc(N(c3cccc(C)c3)c3cccc(C)c3)c2)c1.c1ccc2c(c1)C1=Nc3c4ccccc4c4n3C35n6c(c7ccccc7c6=NC6=[N+]3C(=N4)C3CCCCC63)=NC2=[N+]15. The number of benzene rings is 14. The van der Waals surface area contributed by atoms with E-state index in [0.29, 0.717) is 11.8 Å². The van der Waals surface area contributed by atoms with Crippen LogP contribution in [0.5, 0.6) is 0 Å². The number of rotatable bonds is 14. The van der Waals surface area contributed by atoms with Crippen molar-refractivity contribution in [3.8, 4) is 0 Å². The Kier molecular flexibility index (Phi) is 19.0. The fourth-order valence-electron chi connectivity index (χ4n) is 21.1. The molecule has 8 aliphatic rings. The van der Waals surface area contributed by atoms with Crippen molar-refractivity contribution in [3.05, 3.63) is 417 Å². The third kappa shape index (κ3) is 12.9. The van der Waals surface area contributed by atoms with E-state index in [2.05, 4.69) is 433 Å². The number of hydrogen-bond donors (Lipinski definition) is 0. The Morgan fingerprint density at radius 3 is 1.06 bits per heavy atom. The molecule has 24 rings (SSSR count). The molecule has 2 saturated carbocycles. The quantitative estimate of drug-likeness (QED) is 0.102. The van der Waals surface area contributed by atoms with Gasteiger partial charge in [0.05, 0.1) is 23.0 Å². The number of aryl methyl sites for hydroxylation is 8. The van der Waals surface area contributed by atoms with Crippen LogP contribution in [0.15, 0.2) is 360 Å². The summed E-state index contributed by atoms with van der Waals surface area (Å²) in [6.07, 6.45) is 10.9. The van der Waals surface area contributed by atoms with Crippen molar-refractivity contribution in [2.45, 2.75) is 125 Å². The van der Waals surface area contributed by atoms with Gasteiger partial charge in [0.15, 0.2) is 0 Å². The molecule has 16 aromatic rings. The molecule has 125 heavy (non-hydrogen) atoms. The lowest BCUT2D eigenvalue weighted by Crippen LogP contribution is -2.71. The van der Waals surface area contributed by atoms with Gasteiger partial charge in [-0.2, -0.15) is 13.7 Å². The predicted molar refractivity (Wildman–Crippen MR) is 514 cm³/mol. The number of anilines is 12. The molecule has 2 aliphatic carbocycles. The lowest BCUT2D eigenvalue weighted by Gasteiger charge is -2.40. The summed E-state index contributed by atoms with van der Waals surface area (Å²) < 4.78 is 9.73. The molecule has 1 spiro atoms. The molecule has 3 unspecified atom stereocenters. The van der Waals surface area contributed by atoms with Crippen LogP contribution < -0.4 is 30.6 Å². The van der Waals surface area contributed by atoms with Gasteiger partial charge >= 0.3 is 5.91 Å². The molecule has 6 aliphatic heterocycles. The highest BCUT2D eigenvalue weighted by Gasteiger charge is 2.71. The zero-order chi connectivity index (χ0) is 84.3. The number of amidine groups is 4. The first-order valence-electron chi connectivity index (χ1n) is 44.6. The van der Waals surface area contributed by atoms with E-state index in [1.807, 2.05) is 0 Å². The Bertz CT molecular complexity index is 6810. The Balaban J connectivity index is 0.000000112. The van der Waals surface area contributed by atoms with Crippen LogP contribution in [-0.2, 0) is 11.3 Å². The highest BCUT2D eigenvalue weighted by atomic mass is 15.7. The number of nitrogens with zero attached hydrogens (tertiary/aromatic N) is 12. The van der Waals surface area contributed by atoms with E-state index in [0.717, 1.165) is 126 Å². The van der Waals surface area contributed by atoms with E-state index in [1.165, 1.54) is 135 Å². The largest absolute Gasteiger partial charge is 0.404 e. The maximum absolute atomic E-state index is 5.56. The minimum absolute atomic E-state index is 0.00636. The molecular weight excluding hydrogens is 1530 g/mol. The summed E-state index contributed by atoms with van der Waals surface area (Å²) in [5.41, 5.74) is 30.9. The van der Waals surface area contributed by atoms with Crippen LogP contribution in [-0.4, -0.2) is 41.6 Å². The van der Waals surface area contributed by atoms with Crippen molar-refractivity contribution in [1.82, 2.24) is 9.13 Å². The summed E-state index contributed by atoms with van der Waals surface area (Å²) in [5, 5.41) is 4.56. The van der Waals surface area contributed by atoms with Crippen molar-refractivity contribution in [2.24, 2.45) is 31.8 Å². The maximum atomic E-state index is 5.56. The molecule has 0 N–H and O–H groups in total. The summed E-state index contributed by atoms with van der Waals surface area (Å²) >= 11 is 0. The van der Waals surface area contributed by atoms with Gasteiger partial charge < -0.3 is 19.6 Å². The molecule has 0 radical (unpaired) electrons. The van der Waals surface area contributed by atoms with Crippen molar-refractivity contribution in [1.29, 1.82) is 0 Å². The fraction of sp³-hybridized carbons (Fsp3) is 0.186. The van der Waals surface area contributed by atoms with E-state index >= 15 is 0 Å². The third-order valence-corrected chi connectivity index (χ3v) is 27.1. The Hall–Kier alpha value is -14.4. The molecule has 12 nitrogen and oxygen atoms in total. The number of aliphatic imine (C=N–C) groups is 2. The number of fused-ring (bicyclic) bond motifs is 12. The van der Waals surface area contributed by atoms with Crippen LogP contribution in [0.1, 0.15) is 125 Å².